The van der Waals surface area contributed by atoms with Gasteiger partial charge in [-0.15, -0.1) is 11.8 Å². The molecule has 1 aromatic heterocycles. The predicted molar refractivity (Wildman–Crippen MR) is 139 cm³/mol. The van der Waals surface area contributed by atoms with Gasteiger partial charge in [-0.25, -0.2) is 9.78 Å². The molecule has 0 saturated heterocycles. The Bertz CT molecular complexity index is 1250. The van der Waals surface area contributed by atoms with Crippen LogP contribution in [0.2, 0.25) is 0 Å². The minimum absolute atomic E-state index is 0.0902. The van der Waals surface area contributed by atoms with Gasteiger partial charge in [0, 0.05) is 26.4 Å². The lowest BCUT2D eigenvalue weighted by Gasteiger charge is -2.17. The zero-order chi connectivity index (χ0) is 23.9. The third kappa shape index (κ3) is 5.74. The molecule has 7 heteroatoms. The van der Waals surface area contributed by atoms with Crippen LogP contribution in [0.1, 0.15) is 21.5 Å². The highest BCUT2D eigenvalue weighted by Crippen LogP contribution is 2.31. The van der Waals surface area contributed by atoms with Crippen molar-refractivity contribution in [1.82, 2.24) is 9.97 Å². The fraction of sp³-hybridized carbons (Fsp3) is 0.148. The molecule has 0 aliphatic rings. The molecule has 0 fully saturated rings. The molecule has 0 radical (unpaired) electrons. The van der Waals surface area contributed by atoms with Crippen LogP contribution in [0.4, 0.5) is 11.8 Å². The van der Waals surface area contributed by atoms with E-state index in [0.29, 0.717) is 29.1 Å². The molecular formula is C27H26N4O2S. The van der Waals surface area contributed by atoms with Gasteiger partial charge in [-0.1, -0.05) is 84.9 Å². The first-order chi connectivity index (χ1) is 16.5. The SMILES string of the molecule is CN(C)c1nc(NCc2ccc(-c3ccccc3)cc2)c(C(=O)O)c(SCc2ccccc2)n1. The maximum absolute atomic E-state index is 12.2. The summed E-state index contributed by atoms with van der Waals surface area (Å²) in [6.45, 7) is 0.446. The van der Waals surface area contributed by atoms with Crippen LogP contribution in [-0.4, -0.2) is 35.1 Å². The van der Waals surface area contributed by atoms with E-state index in [2.05, 4.69) is 39.6 Å². The van der Waals surface area contributed by atoms with Crippen molar-refractivity contribution in [2.45, 2.75) is 17.3 Å². The number of carboxylic acids is 1. The molecule has 34 heavy (non-hydrogen) atoms. The molecule has 0 amide bonds. The first-order valence-electron chi connectivity index (χ1n) is 10.9. The van der Waals surface area contributed by atoms with E-state index >= 15 is 0 Å². The second kappa shape index (κ2) is 10.9. The van der Waals surface area contributed by atoms with Gasteiger partial charge in [-0.05, 0) is 22.3 Å². The molecular weight excluding hydrogens is 444 g/mol. The topological polar surface area (TPSA) is 78.4 Å². The van der Waals surface area contributed by atoms with Crippen molar-refractivity contribution in [2.24, 2.45) is 0 Å². The van der Waals surface area contributed by atoms with Gasteiger partial charge in [0.15, 0.2) is 0 Å². The zero-order valence-corrected chi connectivity index (χ0v) is 19.9. The molecule has 172 valence electrons. The molecule has 0 atom stereocenters. The number of hydrogen-bond acceptors (Lipinski definition) is 6. The van der Waals surface area contributed by atoms with Crippen molar-refractivity contribution in [3.63, 3.8) is 0 Å². The normalized spacial score (nSPS) is 10.6. The number of thioether (sulfide) groups is 1. The zero-order valence-electron chi connectivity index (χ0n) is 19.1. The summed E-state index contributed by atoms with van der Waals surface area (Å²) in [5, 5.41) is 13.7. The van der Waals surface area contributed by atoms with Crippen LogP contribution < -0.4 is 10.2 Å². The van der Waals surface area contributed by atoms with E-state index in [1.807, 2.05) is 74.8 Å². The summed E-state index contributed by atoms with van der Waals surface area (Å²) in [4.78, 5) is 23.0. The lowest BCUT2D eigenvalue weighted by molar-refractivity contribution is 0.0693. The highest BCUT2D eigenvalue weighted by molar-refractivity contribution is 7.98. The van der Waals surface area contributed by atoms with Crippen molar-refractivity contribution in [1.29, 1.82) is 0 Å². The number of rotatable bonds is 9. The molecule has 0 unspecified atom stereocenters. The van der Waals surface area contributed by atoms with Crippen molar-refractivity contribution in [3.05, 3.63) is 102 Å². The summed E-state index contributed by atoms with van der Waals surface area (Å²) in [5.41, 5.74) is 4.50. The van der Waals surface area contributed by atoms with E-state index in [4.69, 9.17) is 0 Å². The average molecular weight is 471 g/mol. The van der Waals surface area contributed by atoms with Crippen LogP contribution in [0, 0.1) is 0 Å². The third-order valence-corrected chi connectivity index (χ3v) is 6.26. The molecule has 4 rings (SSSR count). The van der Waals surface area contributed by atoms with Crippen molar-refractivity contribution in [3.8, 4) is 11.1 Å². The minimum atomic E-state index is -1.05. The summed E-state index contributed by atoms with van der Waals surface area (Å²) < 4.78 is 0. The number of carbonyl (C=O) groups is 1. The Labute approximate surface area is 203 Å². The molecule has 1 heterocycles. The van der Waals surface area contributed by atoms with Crippen LogP contribution in [0.15, 0.2) is 90.0 Å². The van der Waals surface area contributed by atoms with E-state index in [0.717, 1.165) is 22.3 Å². The molecule has 6 nitrogen and oxygen atoms in total. The first kappa shape index (κ1) is 23.3. The van der Waals surface area contributed by atoms with Crippen LogP contribution >= 0.6 is 11.8 Å². The fourth-order valence-corrected chi connectivity index (χ4v) is 4.38. The molecule has 0 saturated carbocycles. The van der Waals surface area contributed by atoms with Gasteiger partial charge in [0.05, 0.1) is 0 Å². The van der Waals surface area contributed by atoms with E-state index in [9.17, 15) is 9.90 Å². The van der Waals surface area contributed by atoms with Crippen molar-refractivity contribution >= 4 is 29.5 Å². The number of nitrogens with zero attached hydrogens (tertiary/aromatic N) is 3. The van der Waals surface area contributed by atoms with Gasteiger partial charge in [-0.2, -0.15) is 4.98 Å². The summed E-state index contributed by atoms with van der Waals surface area (Å²) in [5.74, 6) is 0.338. The second-order valence-electron chi connectivity index (χ2n) is 7.94. The Morgan fingerprint density at radius 1 is 0.853 bits per heavy atom. The summed E-state index contributed by atoms with van der Waals surface area (Å²) >= 11 is 1.40. The van der Waals surface area contributed by atoms with Crippen molar-refractivity contribution in [2.75, 3.05) is 24.3 Å². The largest absolute Gasteiger partial charge is 0.477 e. The average Bonchev–Trinajstić information content (AvgIpc) is 2.87. The van der Waals surface area contributed by atoms with E-state index in [1.165, 1.54) is 11.8 Å². The smallest absolute Gasteiger partial charge is 0.342 e. The Balaban J connectivity index is 1.57. The number of benzene rings is 3. The Kier molecular flexibility index (Phi) is 7.44. The Morgan fingerprint density at radius 2 is 1.47 bits per heavy atom. The van der Waals surface area contributed by atoms with Gasteiger partial charge < -0.3 is 15.3 Å². The summed E-state index contributed by atoms with van der Waals surface area (Å²) in [6, 6.07) is 28.3. The van der Waals surface area contributed by atoms with Gasteiger partial charge in [0.1, 0.15) is 16.4 Å². The van der Waals surface area contributed by atoms with Crippen molar-refractivity contribution < 1.29 is 9.90 Å². The number of aromatic carboxylic acids is 1. The number of aromatic nitrogens is 2. The van der Waals surface area contributed by atoms with Crippen LogP contribution in [0.25, 0.3) is 11.1 Å². The van der Waals surface area contributed by atoms with Gasteiger partial charge in [-0.3, -0.25) is 0 Å². The van der Waals surface area contributed by atoms with E-state index < -0.39 is 5.97 Å². The number of hydrogen-bond donors (Lipinski definition) is 2. The maximum atomic E-state index is 12.2. The van der Waals surface area contributed by atoms with Gasteiger partial charge in [0.2, 0.25) is 5.95 Å². The quantitative estimate of drug-likeness (QED) is 0.236. The predicted octanol–water partition coefficient (Wildman–Crippen LogP) is 5.81. The van der Waals surface area contributed by atoms with Crippen LogP contribution in [0.3, 0.4) is 0 Å². The van der Waals surface area contributed by atoms with E-state index in [1.54, 1.807) is 4.90 Å². The summed E-state index contributed by atoms with van der Waals surface area (Å²) in [7, 11) is 3.68. The highest BCUT2D eigenvalue weighted by atomic mass is 32.2. The fourth-order valence-electron chi connectivity index (χ4n) is 3.41. The number of anilines is 2. The Morgan fingerprint density at radius 3 is 2.09 bits per heavy atom. The molecule has 3 aromatic carbocycles. The standard InChI is InChI=1S/C27H26N4O2S/c1-31(2)27-29-24(23(26(32)33)25(30-27)34-18-20-9-5-3-6-10-20)28-17-19-13-15-22(16-14-19)21-11-7-4-8-12-21/h3-16H,17-18H2,1-2H3,(H,32,33)(H,28,29,30). The molecule has 2 N–H and O–H groups in total. The minimum Gasteiger partial charge on any atom is -0.477 e. The molecule has 0 aliphatic carbocycles. The summed E-state index contributed by atoms with van der Waals surface area (Å²) in [6.07, 6.45) is 0. The first-order valence-corrected chi connectivity index (χ1v) is 11.9. The van der Waals surface area contributed by atoms with Gasteiger partial charge in [0.25, 0.3) is 0 Å². The molecule has 0 bridgehead atoms. The Hall–Kier alpha value is -3.84. The maximum Gasteiger partial charge on any atom is 0.342 e. The lowest BCUT2D eigenvalue weighted by atomic mass is 10.0. The monoisotopic (exact) mass is 470 g/mol. The molecule has 0 aliphatic heterocycles. The number of carboxylic acid groups (broad SMARTS) is 1. The third-order valence-electron chi connectivity index (χ3n) is 5.22. The van der Waals surface area contributed by atoms with Gasteiger partial charge >= 0.3 is 5.97 Å². The van der Waals surface area contributed by atoms with Crippen LogP contribution in [-0.2, 0) is 12.3 Å². The second-order valence-corrected chi connectivity index (χ2v) is 8.91. The van der Waals surface area contributed by atoms with E-state index in [-0.39, 0.29) is 5.56 Å². The molecule has 0 spiro atoms. The molecule has 4 aromatic rings. The lowest BCUT2D eigenvalue weighted by Crippen LogP contribution is -2.18. The van der Waals surface area contributed by atoms with Crippen LogP contribution in [0.5, 0.6) is 0 Å². The number of nitrogens with one attached hydrogen (secondary N) is 1. The highest BCUT2D eigenvalue weighted by Gasteiger charge is 2.22.